The van der Waals surface area contributed by atoms with Crippen LogP contribution in [-0.2, 0) is 7.05 Å². The summed E-state index contributed by atoms with van der Waals surface area (Å²) in [7, 11) is 1.66. The van der Waals surface area contributed by atoms with Gasteiger partial charge >= 0.3 is 6.18 Å². The molecule has 0 aliphatic rings. The Morgan fingerprint density at radius 3 is 2.41 bits per heavy atom. The van der Waals surface area contributed by atoms with E-state index in [2.05, 4.69) is 10.2 Å². The SMILES string of the molecule is Cn1cnnc1Sc1ccc(C(=O)N(CC(C)(C)C)CC(F)(F)F)cc1[N+](=O)[O-]. The van der Waals surface area contributed by atoms with Crippen molar-refractivity contribution in [1.29, 1.82) is 0 Å². The maximum Gasteiger partial charge on any atom is 0.406 e. The lowest BCUT2D eigenvalue weighted by Gasteiger charge is -2.30. The van der Waals surface area contributed by atoms with Crippen LogP contribution < -0.4 is 0 Å². The summed E-state index contributed by atoms with van der Waals surface area (Å²) >= 11 is 0.967. The molecule has 1 heterocycles. The Balaban J connectivity index is 2.38. The zero-order valence-electron chi connectivity index (χ0n) is 16.2. The number of rotatable bonds is 6. The van der Waals surface area contributed by atoms with Crippen LogP contribution in [0.2, 0.25) is 0 Å². The topological polar surface area (TPSA) is 94.2 Å². The summed E-state index contributed by atoms with van der Waals surface area (Å²) in [6.45, 7) is 3.51. The molecule has 0 fully saturated rings. The standard InChI is InChI=1S/C17H20F3N5O3S/c1-16(2,3)8-24(9-17(18,19)20)14(26)11-5-6-13(12(7-11)25(27)28)29-15-22-21-10-23(15)4/h5-7,10H,8-9H2,1-4H3. The van der Waals surface area contributed by atoms with Crippen LogP contribution in [0.5, 0.6) is 0 Å². The van der Waals surface area contributed by atoms with Crippen molar-refractivity contribution in [3.8, 4) is 0 Å². The summed E-state index contributed by atoms with van der Waals surface area (Å²) in [6, 6.07) is 3.60. The minimum absolute atomic E-state index is 0.158. The second-order valence-electron chi connectivity index (χ2n) is 7.60. The van der Waals surface area contributed by atoms with Gasteiger partial charge in [-0.2, -0.15) is 13.2 Å². The minimum Gasteiger partial charge on any atom is -0.329 e. The molecule has 12 heteroatoms. The van der Waals surface area contributed by atoms with Gasteiger partial charge in [0, 0.05) is 25.2 Å². The van der Waals surface area contributed by atoms with E-state index >= 15 is 0 Å². The van der Waals surface area contributed by atoms with Crippen LogP contribution >= 0.6 is 11.8 Å². The highest BCUT2D eigenvalue weighted by molar-refractivity contribution is 7.99. The van der Waals surface area contributed by atoms with Gasteiger partial charge in [0.15, 0.2) is 5.16 Å². The van der Waals surface area contributed by atoms with Gasteiger partial charge in [0.1, 0.15) is 12.9 Å². The Morgan fingerprint density at radius 2 is 1.93 bits per heavy atom. The van der Waals surface area contributed by atoms with E-state index < -0.39 is 34.7 Å². The zero-order chi connectivity index (χ0) is 22.0. The molecule has 158 valence electrons. The summed E-state index contributed by atoms with van der Waals surface area (Å²) in [4.78, 5) is 24.4. The summed E-state index contributed by atoms with van der Waals surface area (Å²) in [5.74, 6) is -0.921. The Kier molecular flexibility index (Phi) is 6.56. The fourth-order valence-corrected chi connectivity index (χ4v) is 3.36. The quantitative estimate of drug-likeness (QED) is 0.508. The van der Waals surface area contributed by atoms with Crippen LogP contribution in [0.3, 0.4) is 0 Å². The third-order valence-electron chi connectivity index (χ3n) is 3.60. The first-order chi connectivity index (χ1) is 13.3. The first-order valence-corrected chi connectivity index (χ1v) is 9.25. The third kappa shape index (κ3) is 6.44. The monoisotopic (exact) mass is 431 g/mol. The number of nitrogens with zero attached hydrogens (tertiary/aromatic N) is 5. The molecular formula is C17H20F3N5O3S. The van der Waals surface area contributed by atoms with Gasteiger partial charge < -0.3 is 9.47 Å². The number of hydrogen-bond acceptors (Lipinski definition) is 6. The molecule has 2 aromatic rings. The average molecular weight is 431 g/mol. The first-order valence-electron chi connectivity index (χ1n) is 8.43. The van der Waals surface area contributed by atoms with Crippen molar-refractivity contribution in [3.05, 3.63) is 40.2 Å². The maximum absolute atomic E-state index is 13.0. The molecule has 0 bridgehead atoms. The smallest absolute Gasteiger partial charge is 0.329 e. The number of alkyl halides is 3. The number of benzene rings is 1. The van der Waals surface area contributed by atoms with E-state index in [1.165, 1.54) is 18.5 Å². The second kappa shape index (κ2) is 8.39. The van der Waals surface area contributed by atoms with E-state index in [9.17, 15) is 28.1 Å². The maximum atomic E-state index is 13.0. The zero-order valence-corrected chi connectivity index (χ0v) is 17.0. The number of carbonyl (C=O) groups is 1. The lowest BCUT2D eigenvalue weighted by molar-refractivity contribution is -0.387. The molecule has 0 N–H and O–H groups in total. The Labute approximate surface area is 169 Å². The highest BCUT2D eigenvalue weighted by atomic mass is 32.2. The van der Waals surface area contributed by atoms with E-state index in [4.69, 9.17) is 0 Å². The van der Waals surface area contributed by atoms with Crippen LogP contribution in [0, 0.1) is 15.5 Å². The fraction of sp³-hybridized carbons (Fsp3) is 0.471. The van der Waals surface area contributed by atoms with Gasteiger partial charge in [0.05, 0.1) is 9.82 Å². The van der Waals surface area contributed by atoms with Gasteiger partial charge in [-0.3, -0.25) is 14.9 Å². The molecular weight excluding hydrogens is 411 g/mol. The summed E-state index contributed by atoms with van der Waals surface area (Å²) in [6.07, 6.45) is -3.17. The number of aromatic nitrogens is 3. The van der Waals surface area contributed by atoms with E-state index in [1.54, 1.807) is 32.4 Å². The molecule has 0 saturated carbocycles. The number of nitro groups is 1. The number of halogens is 3. The molecule has 0 spiro atoms. The highest BCUT2D eigenvalue weighted by Crippen LogP contribution is 2.34. The van der Waals surface area contributed by atoms with Crippen LogP contribution in [0.1, 0.15) is 31.1 Å². The summed E-state index contributed by atoms with van der Waals surface area (Å²) in [5, 5.41) is 19.4. The molecule has 0 aliphatic heterocycles. The van der Waals surface area contributed by atoms with Crippen molar-refractivity contribution in [1.82, 2.24) is 19.7 Å². The molecule has 1 amide bonds. The van der Waals surface area contributed by atoms with Crippen molar-refractivity contribution in [2.75, 3.05) is 13.1 Å². The molecule has 0 radical (unpaired) electrons. The molecule has 0 saturated heterocycles. The van der Waals surface area contributed by atoms with E-state index in [0.717, 1.165) is 17.8 Å². The number of amides is 1. The summed E-state index contributed by atoms with van der Waals surface area (Å²) in [5.41, 5.74) is -1.17. The molecule has 8 nitrogen and oxygen atoms in total. The second-order valence-corrected chi connectivity index (χ2v) is 8.61. The van der Waals surface area contributed by atoms with Crippen LogP contribution in [0.15, 0.2) is 34.6 Å². The number of aryl methyl sites for hydroxylation is 1. The third-order valence-corrected chi connectivity index (χ3v) is 4.71. The Morgan fingerprint density at radius 1 is 1.28 bits per heavy atom. The van der Waals surface area contributed by atoms with Gasteiger partial charge in [-0.25, -0.2) is 0 Å². The van der Waals surface area contributed by atoms with Crippen molar-refractivity contribution < 1.29 is 22.9 Å². The van der Waals surface area contributed by atoms with Crippen molar-refractivity contribution >= 4 is 23.4 Å². The van der Waals surface area contributed by atoms with Crippen LogP contribution in [-0.4, -0.2) is 49.8 Å². The van der Waals surface area contributed by atoms with Gasteiger partial charge in [-0.05, 0) is 29.3 Å². The lowest BCUT2D eigenvalue weighted by Crippen LogP contribution is -2.43. The van der Waals surface area contributed by atoms with Gasteiger partial charge in [0.2, 0.25) is 0 Å². The largest absolute Gasteiger partial charge is 0.406 e. The average Bonchev–Trinajstić information content (AvgIpc) is 2.96. The molecule has 2 rings (SSSR count). The van der Waals surface area contributed by atoms with Crippen LogP contribution in [0.25, 0.3) is 0 Å². The number of hydrogen-bond donors (Lipinski definition) is 0. The highest BCUT2D eigenvalue weighted by Gasteiger charge is 2.35. The lowest BCUT2D eigenvalue weighted by atomic mass is 9.95. The van der Waals surface area contributed by atoms with Gasteiger partial charge in [-0.1, -0.05) is 20.8 Å². The Hall–Kier alpha value is -2.63. The minimum atomic E-state index is -4.59. The van der Waals surface area contributed by atoms with E-state index in [-0.39, 0.29) is 17.0 Å². The molecule has 0 aliphatic carbocycles. The van der Waals surface area contributed by atoms with E-state index in [0.29, 0.717) is 10.1 Å². The van der Waals surface area contributed by atoms with Crippen molar-refractivity contribution in [3.63, 3.8) is 0 Å². The number of carbonyl (C=O) groups excluding carboxylic acids is 1. The van der Waals surface area contributed by atoms with Gasteiger partial charge in [-0.15, -0.1) is 10.2 Å². The molecule has 0 unspecified atom stereocenters. The predicted molar refractivity (Wildman–Crippen MR) is 99.6 cm³/mol. The normalized spacial score (nSPS) is 12.1. The molecule has 0 atom stereocenters. The van der Waals surface area contributed by atoms with Crippen LogP contribution in [0.4, 0.5) is 18.9 Å². The first kappa shape index (κ1) is 22.7. The van der Waals surface area contributed by atoms with Crippen molar-refractivity contribution in [2.24, 2.45) is 12.5 Å². The Bertz CT molecular complexity index is 892. The molecule has 1 aromatic heterocycles. The van der Waals surface area contributed by atoms with E-state index in [1.807, 2.05) is 0 Å². The number of nitro benzene ring substituents is 1. The van der Waals surface area contributed by atoms with Gasteiger partial charge in [0.25, 0.3) is 11.6 Å². The molecule has 1 aromatic carbocycles. The fourth-order valence-electron chi connectivity index (χ4n) is 2.51. The molecule has 29 heavy (non-hydrogen) atoms. The predicted octanol–water partition coefficient (Wildman–Crippen LogP) is 3.93. The summed E-state index contributed by atoms with van der Waals surface area (Å²) < 4.78 is 40.4. The van der Waals surface area contributed by atoms with Crippen molar-refractivity contribution in [2.45, 2.75) is 37.0 Å².